The van der Waals surface area contributed by atoms with Crippen molar-refractivity contribution in [1.29, 1.82) is 0 Å². The number of carbonyl (C=O) groups is 3. The van der Waals surface area contributed by atoms with Crippen molar-refractivity contribution in [3.63, 3.8) is 0 Å². The summed E-state index contributed by atoms with van der Waals surface area (Å²) < 4.78 is 14.8. The number of anilines is 1. The molecule has 226 valence electrons. The van der Waals surface area contributed by atoms with E-state index in [1.54, 1.807) is 6.07 Å². The van der Waals surface area contributed by atoms with Crippen LogP contribution in [0.15, 0.2) is 36.4 Å². The average molecular weight is 569 g/mol. The van der Waals surface area contributed by atoms with Crippen LogP contribution in [0.5, 0.6) is 0 Å². The van der Waals surface area contributed by atoms with Crippen LogP contribution in [0.2, 0.25) is 0 Å². The minimum atomic E-state index is -0.677. The molecule has 1 saturated heterocycles. The molecule has 2 N–H and O–H groups in total. The summed E-state index contributed by atoms with van der Waals surface area (Å²) >= 11 is 0. The normalized spacial score (nSPS) is 16.6. The molecule has 0 aliphatic carbocycles. The van der Waals surface area contributed by atoms with Crippen LogP contribution in [0.1, 0.15) is 69.2 Å². The van der Waals surface area contributed by atoms with Crippen molar-refractivity contribution in [3.8, 4) is 0 Å². The second-order valence-corrected chi connectivity index (χ2v) is 12.8. The smallest absolute Gasteiger partial charge is 0.210 e. The van der Waals surface area contributed by atoms with Gasteiger partial charge >= 0.3 is 0 Å². The Labute approximate surface area is 245 Å². The molecule has 0 spiro atoms. The number of likely N-dealkylation sites (tertiary alicyclic amines) is 1. The van der Waals surface area contributed by atoms with Crippen LogP contribution in [0.25, 0.3) is 0 Å². The van der Waals surface area contributed by atoms with Crippen LogP contribution in [-0.4, -0.2) is 62.0 Å². The quantitative estimate of drug-likeness (QED) is 0.317. The third-order valence-corrected chi connectivity index (χ3v) is 7.30. The first kappa shape index (κ1) is 34.1. The highest BCUT2D eigenvalue weighted by Crippen LogP contribution is 2.40. The molecule has 3 rings (SSSR count). The van der Waals surface area contributed by atoms with Gasteiger partial charge in [-0.2, -0.15) is 0 Å². The summed E-state index contributed by atoms with van der Waals surface area (Å²) in [7, 11) is 3.75. The fourth-order valence-corrected chi connectivity index (χ4v) is 6.14. The number of nitrogens with zero attached hydrogens (tertiary/aromatic N) is 2. The number of hydrogen-bond donors (Lipinski definition) is 2. The van der Waals surface area contributed by atoms with Gasteiger partial charge in [0.1, 0.15) is 18.4 Å². The zero-order chi connectivity index (χ0) is 30.6. The summed E-state index contributed by atoms with van der Waals surface area (Å²) in [5.74, 6) is -0.265. The Balaban J connectivity index is 0.00000187. The van der Waals surface area contributed by atoms with Gasteiger partial charge in [-0.15, -0.1) is 0 Å². The number of rotatable bonds is 13. The molecule has 0 bridgehead atoms. The fourth-order valence-electron chi connectivity index (χ4n) is 6.14. The molecule has 1 aliphatic heterocycles. The fraction of sp³-hybridized carbons (Fsp3) is 0.545. The summed E-state index contributed by atoms with van der Waals surface area (Å²) in [6.45, 7) is 14.5. The minimum Gasteiger partial charge on any atom is -0.381 e. The van der Waals surface area contributed by atoms with Crippen molar-refractivity contribution in [3.05, 3.63) is 64.5 Å². The summed E-state index contributed by atoms with van der Waals surface area (Å²) in [5.41, 5.74) is 4.71. The summed E-state index contributed by atoms with van der Waals surface area (Å²) in [6.07, 6.45) is 3.76. The lowest BCUT2D eigenvalue weighted by Gasteiger charge is -2.47. The molecule has 0 radical (unpaired) electrons. The van der Waals surface area contributed by atoms with Crippen LogP contribution in [0, 0.1) is 23.6 Å². The maximum absolute atomic E-state index is 14.8. The highest BCUT2D eigenvalue weighted by atomic mass is 19.1. The third kappa shape index (κ3) is 10.7. The van der Waals surface area contributed by atoms with Gasteiger partial charge in [0.15, 0.2) is 0 Å². The van der Waals surface area contributed by atoms with Gasteiger partial charge in [0.25, 0.3) is 0 Å². The molecule has 1 amide bonds. The molecule has 2 aromatic carbocycles. The first-order chi connectivity index (χ1) is 19.4. The Morgan fingerprint density at radius 1 is 1.05 bits per heavy atom. The molecule has 1 atom stereocenters. The number of nitrogens with one attached hydrogen (secondary N) is 2. The van der Waals surface area contributed by atoms with Gasteiger partial charge in [0.05, 0.1) is 6.04 Å². The number of aryl methyl sites for hydroxylation is 1. The van der Waals surface area contributed by atoms with E-state index in [1.165, 1.54) is 11.3 Å². The molecule has 1 fully saturated rings. The lowest BCUT2D eigenvalue weighted by Crippen LogP contribution is -2.47. The van der Waals surface area contributed by atoms with Crippen molar-refractivity contribution in [2.75, 3.05) is 32.5 Å². The first-order valence-electron chi connectivity index (χ1n) is 14.4. The minimum absolute atomic E-state index is 0.203. The Kier molecular flexibility index (Phi) is 13.1. The number of halogens is 1. The molecule has 1 aliphatic rings. The predicted molar refractivity (Wildman–Crippen MR) is 164 cm³/mol. The van der Waals surface area contributed by atoms with Gasteiger partial charge in [-0.3, -0.25) is 9.69 Å². The first-order valence-corrected chi connectivity index (χ1v) is 14.4. The highest BCUT2D eigenvalue weighted by molar-refractivity contribution is 5.66. The number of benzene rings is 2. The van der Waals surface area contributed by atoms with E-state index in [9.17, 15) is 18.8 Å². The van der Waals surface area contributed by atoms with Gasteiger partial charge < -0.3 is 25.1 Å². The zero-order valence-corrected chi connectivity index (χ0v) is 25.9. The highest BCUT2D eigenvalue weighted by Gasteiger charge is 2.37. The lowest BCUT2D eigenvalue weighted by molar-refractivity contribution is -0.126. The van der Waals surface area contributed by atoms with Gasteiger partial charge in [-0.25, -0.2) is 4.39 Å². The van der Waals surface area contributed by atoms with Crippen LogP contribution < -0.4 is 10.6 Å². The van der Waals surface area contributed by atoms with Crippen molar-refractivity contribution in [2.45, 2.75) is 79.6 Å². The van der Waals surface area contributed by atoms with E-state index in [2.05, 4.69) is 43.2 Å². The summed E-state index contributed by atoms with van der Waals surface area (Å²) in [5, 5.41) is 6.11. The van der Waals surface area contributed by atoms with E-state index in [0.717, 1.165) is 48.3 Å². The lowest BCUT2D eigenvalue weighted by atomic mass is 9.71. The Bertz CT molecular complexity index is 1140. The van der Waals surface area contributed by atoms with E-state index in [4.69, 9.17) is 0 Å². The van der Waals surface area contributed by atoms with E-state index >= 15 is 0 Å². The molecule has 0 saturated carbocycles. The number of carbonyl (C=O) groups excluding carboxylic acids is 3. The Hall–Kier alpha value is -3.10. The van der Waals surface area contributed by atoms with Gasteiger partial charge in [-0.05, 0) is 79.6 Å². The molecule has 7 nitrogen and oxygen atoms in total. The molecular weight excluding hydrogens is 519 g/mol. The van der Waals surface area contributed by atoms with Crippen molar-refractivity contribution in [2.24, 2.45) is 10.8 Å². The number of aldehydes is 2. The largest absolute Gasteiger partial charge is 0.381 e. The number of hydrogen-bond acceptors (Lipinski definition) is 6. The van der Waals surface area contributed by atoms with E-state index in [-0.39, 0.29) is 42.6 Å². The maximum atomic E-state index is 14.8. The average Bonchev–Trinajstić information content (AvgIpc) is 2.88. The van der Waals surface area contributed by atoms with Gasteiger partial charge in [-0.1, -0.05) is 45.9 Å². The van der Waals surface area contributed by atoms with Crippen molar-refractivity contribution in [1.82, 2.24) is 15.1 Å². The molecule has 41 heavy (non-hydrogen) atoms. The SMILES string of the molecule is CNC.Cc1cccc(NCc2cc(CN3CC(C)(C)CC(C)(C)C3)ccc2F)c1CN(C=O)C(C=O)CCC=O. The second kappa shape index (κ2) is 15.8. The molecule has 8 heteroatoms. The van der Waals surface area contributed by atoms with Crippen LogP contribution in [-0.2, 0) is 34.0 Å². The summed E-state index contributed by atoms with van der Waals surface area (Å²) in [6, 6.07) is 10.4. The molecule has 1 unspecified atom stereocenters. The van der Waals surface area contributed by atoms with E-state index < -0.39 is 6.04 Å². The predicted octanol–water partition coefficient (Wildman–Crippen LogP) is 5.34. The van der Waals surface area contributed by atoms with Crippen molar-refractivity contribution >= 4 is 24.7 Å². The van der Waals surface area contributed by atoms with Gasteiger partial charge in [0, 0.05) is 50.4 Å². The summed E-state index contributed by atoms with van der Waals surface area (Å²) in [4.78, 5) is 38.0. The zero-order valence-electron chi connectivity index (χ0n) is 25.9. The Morgan fingerprint density at radius 2 is 1.71 bits per heavy atom. The molecule has 0 aromatic heterocycles. The van der Waals surface area contributed by atoms with Gasteiger partial charge in [0.2, 0.25) is 6.41 Å². The van der Waals surface area contributed by atoms with Crippen LogP contribution >= 0.6 is 0 Å². The van der Waals surface area contributed by atoms with Crippen LogP contribution in [0.3, 0.4) is 0 Å². The molecular formula is C33H49FN4O3. The Morgan fingerprint density at radius 3 is 2.29 bits per heavy atom. The maximum Gasteiger partial charge on any atom is 0.210 e. The second-order valence-electron chi connectivity index (χ2n) is 12.8. The molecule has 2 aromatic rings. The monoisotopic (exact) mass is 568 g/mol. The number of amides is 1. The van der Waals surface area contributed by atoms with E-state index in [1.807, 2.05) is 51.4 Å². The topological polar surface area (TPSA) is 81.8 Å². The molecule has 1 heterocycles. The van der Waals surface area contributed by atoms with Crippen molar-refractivity contribution < 1.29 is 18.8 Å². The van der Waals surface area contributed by atoms with E-state index in [0.29, 0.717) is 18.3 Å². The standard InChI is InChI=1S/C31H42FN3O3.C2H7N/c1-23-8-6-10-29(27(23)17-35(22-38)26(18-37)9-7-13-36)33-15-25-14-24(11-12-28(25)32)16-34-20-30(2,3)19-31(4,5)21-34;1-3-2/h6,8,10-14,18,22,26,33H,7,9,15-17,19-21H2,1-5H3;3H,1-2H3. The third-order valence-electron chi connectivity index (χ3n) is 7.30. The number of piperidine rings is 1. The van der Waals surface area contributed by atoms with Crippen LogP contribution in [0.4, 0.5) is 10.1 Å².